The van der Waals surface area contributed by atoms with Gasteiger partial charge in [-0.25, -0.2) is 4.79 Å². The van der Waals surface area contributed by atoms with E-state index in [9.17, 15) is 24.5 Å². The maximum Gasteiger partial charge on any atom is 0.547 e. The van der Waals surface area contributed by atoms with Crippen LogP contribution in [0.3, 0.4) is 0 Å². The van der Waals surface area contributed by atoms with E-state index in [-0.39, 0.29) is 42.3 Å². The summed E-state index contributed by atoms with van der Waals surface area (Å²) in [5.74, 6) is -2.28. The van der Waals surface area contributed by atoms with Crippen molar-refractivity contribution in [3.05, 3.63) is 65.2 Å². The molecule has 1 atom stereocenters. The number of fused-ring (bicyclic) bond motifs is 1. The van der Waals surface area contributed by atoms with Gasteiger partial charge in [-0.05, 0) is 18.1 Å². The minimum absolute atomic E-state index is 0.0149. The molecule has 0 aliphatic carbocycles. The predicted molar refractivity (Wildman–Crippen MR) is 97.6 cm³/mol. The number of Topliss-reactive ketones (excluding diaryl/α,β-unsaturated/α-hetero) is 1. The number of carbonyl (C=O) groups is 3. The molecule has 2 aromatic rings. The molecule has 1 aliphatic rings. The molecule has 3 N–H and O–H groups in total. The van der Waals surface area contributed by atoms with Crippen molar-refractivity contribution in [2.24, 2.45) is 0 Å². The second-order valence-electron chi connectivity index (χ2n) is 6.27. The Morgan fingerprint density at radius 2 is 1.81 bits per heavy atom. The van der Waals surface area contributed by atoms with Crippen LogP contribution in [0, 0.1) is 0 Å². The number of rotatable bonds is 6. The van der Waals surface area contributed by atoms with Crippen molar-refractivity contribution in [1.82, 2.24) is 5.32 Å². The van der Waals surface area contributed by atoms with Gasteiger partial charge in [0.2, 0.25) is 5.91 Å². The van der Waals surface area contributed by atoms with Crippen LogP contribution in [0.25, 0.3) is 0 Å². The van der Waals surface area contributed by atoms with Crippen molar-refractivity contribution in [2.75, 3.05) is 0 Å². The highest BCUT2D eigenvalue weighted by molar-refractivity contribution is 6.47. The van der Waals surface area contributed by atoms with E-state index >= 15 is 0 Å². The van der Waals surface area contributed by atoms with E-state index in [2.05, 4.69) is 5.32 Å². The van der Waals surface area contributed by atoms with E-state index in [1.54, 1.807) is 36.4 Å². The normalized spacial score (nSPS) is 15.4. The molecule has 0 saturated heterocycles. The Labute approximate surface area is 156 Å². The van der Waals surface area contributed by atoms with Gasteiger partial charge >= 0.3 is 13.1 Å². The molecule has 0 radical (unpaired) electrons. The van der Waals surface area contributed by atoms with Gasteiger partial charge in [-0.1, -0.05) is 42.5 Å². The van der Waals surface area contributed by atoms with Crippen LogP contribution in [0.5, 0.6) is 5.75 Å². The third-order valence-electron chi connectivity index (χ3n) is 4.37. The zero-order chi connectivity index (χ0) is 19.4. The van der Waals surface area contributed by atoms with Crippen LogP contribution in [0.2, 0.25) is 0 Å². The van der Waals surface area contributed by atoms with E-state index in [0.29, 0.717) is 11.1 Å². The molecular formula is C19H18BNO6. The minimum Gasteiger partial charge on any atom is -0.534 e. The highest BCUT2D eigenvalue weighted by Gasteiger charge is 2.37. The lowest BCUT2D eigenvalue weighted by Crippen LogP contribution is -2.53. The number of nitrogens with one attached hydrogen (secondary N) is 1. The number of carbonyl (C=O) groups excluding carboxylic acids is 2. The van der Waals surface area contributed by atoms with Gasteiger partial charge in [0.1, 0.15) is 5.75 Å². The van der Waals surface area contributed by atoms with Gasteiger partial charge in [-0.2, -0.15) is 0 Å². The standard InChI is InChI=1S/C19H18BNO6/c22-15(12-5-2-1-3-6-12)9-10-17(23)21-16-11-13-7-4-8-14(19(24)25)18(13)27-20(16)26/h1-8,16,26H,9-11H2,(H,21,23)(H,24,25)/t16-/m0/s1. The van der Waals surface area contributed by atoms with Gasteiger partial charge < -0.3 is 20.1 Å². The van der Waals surface area contributed by atoms with Crippen LogP contribution in [0.4, 0.5) is 0 Å². The lowest BCUT2D eigenvalue weighted by molar-refractivity contribution is -0.121. The highest BCUT2D eigenvalue weighted by Crippen LogP contribution is 2.30. The molecular weight excluding hydrogens is 349 g/mol. The highest BCUT2D eigenvalue weighted by atomic mass is 16.5. The number of carboxylic acids is 1. The number of carboxylic acid groups (broad SMARTS) is 1. The minimum atomic E-state index is -1.37. The number of benzene rings is 2. The molecule has 1 aliphatic heterocycles. The van der Waals surface area contributed by atoms with E-state index in [4.69, 9.17) is 4.65 Å². The first-order valence-electron chi connectivity index (χ1n) is 8.53. The Morgan fingerprint density at radius 1 is 1.07 bits per heavy atom. The zero-order valence-electron chi connectivity index (χ0n) is 14.4. The van der Waals surface area contributed by atoms with E-state index < -0.39 is 19.0 Å². The van der Waals surface area contributed by atoms with Gasteiger partial charge in [0.25, 0.3) is 0 Å². The zero-order valence-corrected chi connectivity index (χ0v) is 14.4. The molecule has 138 valence electrons. The third kappa shape index (κ3) is 4.35. The van der Waals surface area contributed by atoms with Crippen molar-refractivity contribution < 1.29 is 29.2 Å². The Balaban J connectivity index is 1.59. The molecule has 0 aromatic heterocycles. The molecule has 7 nitrogen and oxygen atoms in total. The SMILES string of the molecule is O=C(CCC(=O)c1ccccc1)N[C@H]1Cc2cccc(C(=O)O)c2OB1O. The number of para-hydroxylation sites is 1. The Morgan fingerprint density at radius 3 is 2.52 bits per heavy atom. The van der Waals surface area contributed by atoms with Crippen molar-refractivity contribution in [3.63, 3.8) is 0 Å². The summed E-state index contributed by atoms with van der Waals surface area (Å²) < 4.78 is 5.33. The molecule has 0 fully saturated rings. The molecule has 27 heavy (non-hydrogen) atoms. The van der Waals surface area contributed by atoms with Crippen molar-refractivity contribution in [2.45, 2.75) is 25.2 Å². The van der Waals surface area contributed by atoms with E-state index in [1.165, 1.54) is 6.07 Å². The molecule has 2 aromatic carbocycles. The van der Waals surface area contributed by atoms with E-state index in [0.717, 1.165) is 0 Å². The Bertz CT molecular complexity index is 870. The summed E-state index contributed by atoms with van der Waals surface area (Å²) >= 11 is 0. The van der Waals surface area contributed by atoms with Crippen LogP contribution in [0.15, 0.2) is 48.5 Å². The summed E-state index contributed by atoms with van der Waals surface area (Å²) in [6.07, 6.45) is 0.272. The molecule has 0 saturated carbocycles. The second kappa shape index (κ2) is 8.05. The third-order valence-corrected chi connectivity index (χ3v) is 4.37. The predicted octanol–water partition coefficient (Wildman–Crippen LogP) is 1.49. The first-order valence-corrected chi connectivity index (χ1v) is 8.53. The number of ketones is 1. The maximum atomic E-state index is 12.2. The molecule has 0 unspecified atom stereocenters. The lowest BCUT2D eigenvalue weighted by Gasteiger charge is -2.28. The summed E-state index contributed by atoms with van der Waals surface area (Å²) in [5, 5.41) is 22.0. The maximum absolute atomic E-state index is 12.2. The van der Waals surface area contributed by atoms with Crippen molar-refractivity contribution in [1.29, 1.82) is 0 Å². The number of hydrogen-bond donors (Lipinski definition) is 3. The fourth-order valence-electron chi connectivity index (χ4n) is 2.99. The smallest absolute Gasteiger partial charge is 0.534 e. The first kappa shape index (κ1) is 18.7. The Hall–Kier alpha value is -3.13. The summed E-state index contributed by atoms with van der Waals surface area (Å²) in [6, 6.07) is 13.4. The fraction of sp³-hybridized carbons (Fsp3) is 0.211. The van der Waals surface area contributed by atoms with Gasteiger partial charge in [-0.15, -0.1) is 0 Å². The van der Waals surface area contributed by atoms with Crippen LogP contribution in [0.1, 0.15) is 39.1 Å². The van der Waals surface area contributed by atoms with Gasteiger partial charge in [-0.3, -0.25) is 9.59 Å². The van der Waals surface area contributed by atoms with Gasteiger partial charge in [0.05, 0.1) is 11.5 Å². The molecule has 1 heterocycles. The topological polar surface area (TPSA) is 113 Å². The summed E-state index contributed by atoms with van der Waals surface area (Å²) in [6.45, 7) is 0. The number of aromatic carboxylic acids is 1. The van der Waals surface area contributed by atoms with Crippen LogP contribution in [-0.2, 0) is 11.2 Å². The summed E-state index contributed by atoms with van der Waals surface area (Å²) in [5.41, 5.74) is 1.09. The molecule has 8 heteroatoms. The number of amides is 1. The van der Waals surface area contributed by atoms with E-state index in [1.807, 2.05) is 6.07 Å². The average Bonchev–Trinajstić information content (AvgIpc) is 2.66. The summed E-state index contributed by atoms with van der Waals surface area (Å²) in [4.78, 5) is 35.5. The van der Waals surface area contributed by atoms with Crippen LogP contribution in [-0.4, -0.2) is 40.8 Å². The molecule has 0 bridgehead atoms. The quantitative estimate of drug-likeness (QED) is 0.527. The van der Waals surface area contributed by atoms with Gasteiger partial charge in [0, 0.05) is 18.4 Å². The first-order chi connectivity index (χ1) is 13.0. The average molecular weight is 367 g/mol. The summed E-state index contributed by atoms with van der Waals surface area (Å²) in [7, 11) is -1.37. The molecule has 1 amide bonds. The molecule has 3 rings (SSSR count). The second-order valence-corrected chi connectivity index (χ2v) is 6.27. The van der Waals surface area contributed by atoms with Crippen LogP contribution < -0.4 is 9.97 Å². The lowest BCUT2D eigenvalue weighted by atomic mass is 9.72. The number of hydrogen-bond acceptors (Lipinski definition) is 5. The largest absolute Gasteiger partial charge is 0.547 e. The molecule has 0 spiro atoms. The van der Waals surface area contributed by atoms with Crippen molar-refractivity contribution >= 4 is 24.8 Å². The fourth-order valence-corrected chi connectivity index (χ4v) is 2.99. The monoisotopic (exact) mass is 367 g/mol. The van der Waals surface area contributed by atoms with Crippen molar-refractivity contribution in [3.8, 4) is 5.75 Å². The Kier molecular flexibility index (Phi) is 5.56. The van der Waals surface area contributed by atoms with Crippen LogP contribution >= 0.6 is 0 Å². The van der Waals surface area contributed by atoms with Gasteiger partial charge in [0.15, 0.2) is 5.78 Å².